The van der Waals surface area contributed by atoms with E-state index >= 15 is 0 Å². The van der Waals surface area contributed by atoms with Gasteiger partial charge < -0.3 is 47.7 Å². The average molecular weight is 652 g/mol. The van der Waals surface area contributed by atoms with E-state index in [1.54, 1.807) is 0 Å². The first-order chi connectivity index (χ1) is 21.7. The van der Waals surface area contributed by atoms with Crippen LogP contribution in [0, 0.1) is 10.1 Å². The van der Waals surface area contributed by atoms with E-state index in [0.29, 0.717) is 12.8 Å². The number of non-ortho nitro benzene ring substituents is 1. The Labute approximate surface area is 261 Å². The summed E-state index contributed by atoms with van der Waals surface area (Å²) < 4.78 is 5.66. The number of benzene rings is 1. The molecule has 5 amide bonds. The molecule has 1 aromatic rings. The number of hydrogen-bond donors (Lipinski definition) is 8. The molecule has 1 heterocycles. The van der Waals surface area contributed by atoms with Gasteiger partial charge in [-0.2, -0.15) is 0 Å². The Kier molecular flexibility index (Phi) is 14.3. The van der Waals surface area contributed by atoms with Crippen LogP contribution < -0.4 is 37.5 Å². The van der Waals surface area contributed by atoms with Crippen molar-refractivity contribution in [1.82, 2.24) is 21.3 Å². The van der Waals surface area contributed by atoms with Crippen molar-refractivity contribution in [1.29, 1.82) is 0 Å². The third-order valence-electron chi connectivity index (χ3n) is 6.87. The van der Waals surface area contributed by atoms with E-state index in [-0.39, 0.29) is 43.7 Å². The molecule has 1 aliphatic rings. The van der Waals surface area contributed by atoms with Crippen LogP contribution >= 0.6 is 0 Å². The number of hydrogen-bond acceptors (Lipinski definition) is 11. The molecule has 0 aromatic heterocycles. The summed E-state index contributed by atoms with van der Waals surface area (Å²) in [6, 6.07) is -2.60. The first-order valence-corrected chi connectivity index (χ1v) is 14.3. The lowest BCUT2D eigenvalue weighted by Crippen LogP contribution is -2.58. The Bertz CT molecular complexity index is 1340. The zero-order chi connectivity index (χ0) is 34.4. The summed E-state index contributed by atoms with van der Waals surface area (Å²) in [5.74, 6) is -7.50. The number of carboxylic acids is 2. The zero-order valence-electron chi connectivity index (χ0n) is 24.7. The van der Waals surface area contributed by atoms with Gasteiger partial charge in [-0.15, -0.1) is 0 Å². The molecule has 0 saturated carbocycles. The van der Waals surface area contributed by atoms with Crippen molar-refractivity contribution in [2.45, 2.75) is 75.5 Å². The maximum absolute atomic E-state index is 13.4. The number of nitrogens with zero attached hydrogens (tertiary/aromatic N) is 1. The number of nitro benzene ring substituents is 1. The van der Waals surface area contributed by atoms with E-state index in [0.717, 1.165) is 18.2 Å². The van der Waals surface area contributed by atoms with E-state index in [1.807, 2.05) is 0 Å². The molecule has 46 heavy (non-hydrogen) atoms. The number of ether oxygens (including phenoxy) is 1. The summed E-state index contributed by atoms with van der Waals surface area (Å²) in [5, 5.41) is 39.2. The third-order valence-corrected chi connectivity index (χ3v) is 6.87. The molecule has 0 fully saturated rings. The Balaban J connectivity index is 2.53. The van der Waals surface area contributed by atoms with Gasteiger partial charge in [0.05, 0.1) is 17.1 Å². The van der Waals surface area contributed by atoms with Gasteiger partial charge in [-0.1, -0.05) is 0 Å². The van der Waals surface area contributed by atoms with Gasteiger partial charge in [0.15, 0.2) is 0 Å². The number of nitro groups is 1. The molecule has 0 spiro atoms. The quantitative estimate of drug-likeness (QED) is 0.0631. The van der Waals surface area contributed by atoms with Gasteiger partial charge in [-0.25, -0.2) is 0 Å². The Morgan fingerprint density at radius 1 is 1.00 bits per heavy atom. The highest BCUT2D eigenvalue weighted by atomic mass is 16.6. The topological polar surface area (TPSA) is 312 Å². The van der Waals surface area contributed by atoms with Crippen LogP contribution in [-0.4, -0.2) is 93.9 Å². The highest BCUT2D eigenvalue weighted by molar-refractivity contribution is 6.01. The lowest BCUT2D eigenvalue weighted by Gasteiger charge is -2.27. The molecule has 10 N–H and O–H groups in total. The average Bonchev–Trinajstić information content (AvgIpc) is 2.99. The van der Waals surface area contributed by atoms with Crippen LogP contribution in [0.1, 0.15) is 61.7 Å². The molecule has 19 heteroatoms. The highest BCUT2D eigenvalue weighted by Crippen LogP contribution is 2.25. The van der Waals surface area contributed by atoms with Crippen molar-refractivity contribution in [3.63, 3.8) is 0 Å². The van der Waals surface area contributed by atoms with E-state index in [1.165, 1.54) is 0 Å². The van der Waals surface area contributed by atoms with Gasteiger partial charge in [0, 0.05) is 31.4 Å². The van der Waals surface area contributed by atoms with Gasteiger partial charge in [0.1, 0.15) is 29.9 Å². The monoisotopic (exact) mass is 651 g/mol. The minimum atomic E-state index is -1.51. The maximum atomic E-state index is 13.4. The van der Waals surface area contributed by atoms with Crippen LogP contribution in [0.3, 0.4) is 0 Å². The predicted octanol–water partition coefficient (Wildman–Crippen LogP) is -1.73. The van der Waals surface area contributed by atoms with Crippen LogP contribution in [0.5, 0.6) is 5.75 Å². The van der Waals surface area contributed by atoms with E-state index in [4.69, 9.17) is 21.3 Å². The fourth-order valence-electron chi connectivity index (χ4n) is 4.39. The van der Waals surface area contributed by atoms with Crippen LogP contribution in [-0.2, 0) is 28.8 Å². The van der Waals surface area contributed by atoms with Crippen molar-refractivity contribution in [3.8, 4) is 5.75 Å². The molecule has 1 aromatic carbocycles. The van der Waals surface area contributed by atoms with Gasteiger partial charge in [-0.05, 0) is 44.7 Å². The lowest BCUT2D eigenvalue weighted by molar-refractivity contribution is -0.384. The summed E-state index contributed by atoms with van der Waals surface area (Å²) in [4.78, 5) is 98.1. The molecule has 0 aliphatic carbocycles. The van der Waals surface area contributed by atoms with Crippen molar-refractivity contribution < 1.29 is 53.4 Å². The Morgan fingerprint density at radius 2 is 1.65 bits per heavy atom. The molecule has 4 atom stereocenters. The summed E-state index contributed by atoms with van der Waals surface area (Å²) in [6.45, 7) is -0.0994. The number of primary amides is 1. The second-order valence-electron chi connectivity index (χ2n) is 10.3. The molecule has 0 bridgehead atoms. The van der Waals surface area contributed by atoms with E-state index in [2.05, 4.69) is 21.3 Å². The fourth-order valence-corrected chi connectivity index (χ4v) is 4.39. The largest absolute Gasteiger partial charge is 0.493 e. The van der Waals surface area contributed by atoms with Crippen molar-refractivity contribution in [2.75, 3.05) is 13.2 Å². The predicted molar refractivity (Wildman–Crippen MR) is 156 cm³/mol. The summed E-state index contributed by atoms with van der Waals surface area (Å²) >= 11 is 0. The van der Waals surface area contributed by atoms with Crippen LogP contribution in [0.25, 0.3) is 0 Å². The number of amides is 5. The number of fused-ring (bicyclic) bond motifs is 1. The SMILES string of the molecule is NCCCCC1NC(=O)C(CCC(=O)O)NC(=O)c2cc([N+](=O)[O-])ccc2OCCC(C(=O)NC(CCC(=O)O)C(N)=O)NC1=O. The molecule has 0 saturated heterocycles. The molecule has 2 rings (SSSR count). The molecular formula is C27H37N7O12. The van der Waals surface area contributed by atoms with Crippen molar-refractivity contribution in [2.24, 2.45) is 11.5 Å². The third kappa shape index (κ3) is 11.6. The smallest absolute Gasteiger partial charge is 0.303 e. The molecule has 4 unspecified atom stereocenters. The minimum Gasteiger partial charge on any atom is -0.493 e. The van der Waals surface area contributed by atoms with Gasteiger partial charge in [0.2, 0.25) is 23.6 Å². The molecule has 252 valence electrons. The number of carbonyl (C=O) groups excluding carboxylic acids is 5. The molecule has 19 nitrogen and oxygen atoms in total. The standard InChI is InChI=1S/C27H37N7O12/c28-11-2-1-3-17-25(41)33-19(27(43)30-16(23(29)39)5-8-21(35)36)10-12-46-20-7-4-14(34(44)45)13-15(20)24(40)31-18(26(42)32-17)6-9-22(37)38/h4,7,13,16-19H,1-3,5-6,8-12,28H2,(H2,29,39)(H,30,43)(H,31,40)(H,32,42)(H,33,41)(H,35,36)(H,37,38). The first-order valence-electron chi connectivity index (χ1n) is 14.3. The van der Waals surface area contributed by atoms with E-state index in [9.17, 15) is 48.8 Å². The fraction of sp³-hybridized carbons (Fsp3) is 0.519. The number of carboxylic acid groups (broad SMARTS) is 2. The van der Waals surface area contributed by atoms with Crippen molar-refractivity contribution >= 4 is 47.2 Å². The molecule has 1 aliphatic heterocycles. The molecule has 0 radical (unpaired) electrons. The maximum Gasteiger partial charge on any atom is 0.303 e. The summed E-state index contributed by atoms with van der Waals surface area (Å²) in [5.41, 5.74) is 10.0. The van der Waals surface area contributed by atoms with Gasteiger partial charge in [-0.3, -0.25) is 43.7 Å². The Hall–Kier alpha value is -5.33. The second kappa shape index (κ2) is 17.8. The minimum absolute atomic E-state index is 0.0246. The van der Waals surface area contributed by atoms with Crippen molar-refractivity contribution in [3.05, 3.63) is 33.9 Å². The normalized spacial score (nSPS) is 19.5. The lowest BCUT2D eigenvalue weighted by atomic mass is 10.0. The number of aliphatic carboxylic acids is 2. The number of carbonyl (C=O) groups is 7. The summed E-state index contributed by atoms with van der Waals surface area (Å²) in [6.07, 6.45) is -1.28. The number of nitrogens with one attached hydrogen (secondary N) is 4. The van der Waals surface area contributed by atoms with E-state index < -0.39 is 95.5 Å². The summed E-state index contributed by atoms with van der Waals surface area (Å²) in [7, 11) is 0. The van der Waals surface area contributed by atoms with Crippen LogP contribution in [0.4, 0.5) is 5.69 Å². The zero-order valence-corrected chi connectivity index (χ0v) is 24.7. The van der Waals surface area contributed by atoms with Crippen LogP contribution in [0.15, 0.2) is 18.2 Å². The number of nitrogens with two attached hydrogens (primary N) is 2. The van der Waals surface area contributed by atoms with Crippen LogP contribution in [0.2, 0.25) is 0 Å². The number of unbranched alkanes of at least 4 members (excludes halogenated alkanes) is 1. The van der Waals surface area contributed by atoms with Gasteiger partial charge >= 0.3 is 11.9 Å². The highest BCUT2D eigenvalue weighted by Gasteiger charge is 2.32. The van der Waals surface area contributed by atoms with Gasteiger partial charge in [0.25, 0.3) is 11.6 Å². The molecular weight excluding hydrogens is 614 g/mol. The number of rotatable bonds is 14. The Morgan fingerprint density at radius 3 is 2.26 bits per heavy atom. The first kappa shape index (κ1) is 36.9. The second-order valence-corrected chi connectivity index (χ2v) is 10.3.